The minimum Gasteiger partial charge on any atom is -0.507 e. The highest BCUT2D eigenvalue weighted by Crippen LogP contribution is 2.38. The maximum atomic E-state index is 14.0. The van der Waals surface area contributed by atoms with Gasteiger partial charge in [-0.2, -0.15) is 0 Å². The van der Waals surface area contributed by atoms with Crippen molar-refractivity contribution >= 4 is 17.9 Å². The summed E-state index contributed by atoms with van der Waals surface area (Å²) in [6.45, 7) is 3.47. The first kappa shape index (κ1) is 38.2. The van der Waals surface area contributed by atoms with Gasteiger partial charge in [0.25, 0.3) is 0 Å². The fourth-order valence-corrected chi connectivity index (χ4v) is 5.24. The molecule has 14 nitrogen and oxygen atoms in total. The Bertz CT molecular complexity index is 1530. The van der Waals surface area contributed by atoms with Gasteiger partial charge < -0.3 is 50.2 Å². The molecule has 266 valence electrons. The topological polar surface area (TPSA) is 197 Å². The molecule has 0 bridgehead atoms. The molecule has 0 saturated carbocycles. The monoisotopic (exact) mass is 682 g/mol. The van der Waals surface area contributed by atoms with Gasteiger partial charge in [-0.3, -0.25) is 14.9 Å². The predicted molar refractivity (Wildman–Crippen MR) is 181 cm³/mol. The molecule has 14 heteroatoms. The molecule has 0 aliphatic carbocycles. The Morgan fingerprint density at radius 1 is 0.755 bits per heavy atom. The van der Waals surface area contributed by atoms with E-state index in [0.717, 1.165) is 5.56 Å². The van der Waals surface area contributed by atoms with Gasteiger partial charge in [0.05, 0.1) is 40.6 Å². The Balaban J connectivity index is 1.91. The van der Waals surface area contributed by atoms with Gasteiger partial charge in [0.15, 0.2) is 11.5 Å². The maximum Gasteiger partial charge on any atom is 0.404 e. The first-order chi connectivity index (χ1) is 23.4. The average Bonchev–Trinajstić information content (AvgIpc) is 3.09. The summed E-state index contributed by atoms with van der Waals surface area (Å²) in [7, 11) is 5.87. The van der Waals surface area contributed by atoms with E-state index in [-0.39, 0.29) is 25.3 Å². The van der Waals surface area contributed by atoms with E-state index in [4.69, 9.17) is 18.9 Å². The number of aromatic hydroxyl groups is 1. The number of methoxy groups -OCH3 is 4. The van der Waals surface area contributed by atoms with Crippen molar-refractivity contribution in [3.63, 3.8) is 0 Å². The molecule has 49 heavy (non-hydrogen) atoms. The second-order valence-corrected chi connectivity index (χ2v) is 11.6. The van der Waals surface area contributed by atoms with Crippen LogP contribution >= 0.6 is 0 Å². The smallest absolute Gasteiger partial charge is 0.404 e. The number of hydrogen-bond donors (Lipinski definition) is 7. The van der Waals surface area contributed by atoms with E-state index in [9.17, 15) is 29.7 Å². The number of ether oxygens (including phenoxy) is 4. The van der Waals surface area contributed by atoms with E-state index in [1.807, 2.05) is 6.07 Å². The van der Waals surface area contributed by atoms with Gasteiger partial charge in [0, 0.05) is 24.7 Å². The molecule has 0 heterocycles. The lowest BCUT2D eigenvalue weighted by Gasteiger charge is -2.32. The quantitative estimate of drug-likeness (QED) is 0.104. The normalized spacial score (nSPS) is 13.4. The number of rotatable bonds is 18. The number of carbonyl (C=O) groups excluding carboxylic acids is 2. The Morgan fingerprint density at radius 2 is 1.41 bits per heavy atom. The van der Waals surface area contributed by atoms with E-state index in [0.29, 0.717) is 34.1 Å². The third kappa shape index (κ3) is 10.6. The molecule has 0 aliphatic heterocycles. The number of amides is 3. The Labute approximate surface area is 285 Å². The molecule has 4 atom stereocenters. The van der Waals surface area contributed by atoms with Crippen LogP contribution in [0.4, 0.5) is 4.79 Å². The third-order valence-corrected chi connectivity index (χ3v) is 7.89. The lowest BCUT2D eigenvalue weighted by atomic mass is 9.94. The molecular weight excluding hydrogens is 636 g/mol. The van der Waals surface area contributed by atoms with Crippen LogP contribution in [0.15, 0.2) is 60.7 Å². The van der Waals surface area contributed by atoms with Crippen molar-refractivity contribution in [2.45, 2.75) is 57.6 Å². The number of carbonyl (C=O) groups is 3. The van der Waals surface area contributed by atoms with Gasteiger partial charge >= 0.3 is 6.09 Å². The van der Waals surface area contributed by atoms with E-state index < -0.39 is 48.1 Å². The van der Waals surface area contributed by atoms with Gasteiger partial charge in [-0.1, -0.05) is 44.2 Å². The van der Waals surface area contributed by atoms with Crippen LogP contribution in [0.25, 0.3) is 0 Å². The first-order valence-electron chi connectivity index (χ1n) is 15.6. The summed E-state index contributed by atoms with van der Waals surface area (Å²) in [5.74, 6) is -0.176. The molecule has 0 radical (unpaired) electrons. The average molecular weight is 683 g/mol. The number of nitrogens with one attached hydrogen (secondary N) is 4. The highest BCUT2D eigenvalue weighted by Gasteiger charge is 2.36. The number of aliphatic hydroxyl groups excluding tert-OH is 1. The first-order valence-corrected chi connectivity index (χ1v) is 15.6. The Kier molecular flexibility index (Phi) is 14.3. The highest BCUT2D eigenvalue weighted by atomic mass is 16.5. The molecule has 0 unspecified atom stereocenters. The van der Waals surface area contributed by atoms with Crippen LogP contribution in [-0.4, -0.2) is 85.9 Å². The lowest BCUT2D eigenvalue weighted by Crippen LogP contribution is -2.62. The number of phenolic OH excluding ortho intramolecular Hbond substituents is 1. The molecule has 0 saturated heterocycles. The zero-order valence-corrected chi connectivity index (χ0v) is 28.5. The molecule has 3 amide bonds. The molecule has 0 aromatic heterocycles. The van der Waals surface area contributed by atoms with Crippen LogP contribution in [0.3, 0.4) is 0 Å². The molecule has 3 aromatic rings. The van der Waals surface area contributed by atoms with Crippen molar-refractivity contribution in [3.05, 3.63) is 77.4 Å². The Hall–Kier alpha value is -5.21. The van der Waals surface area contributed by atoms with Crippen LogP contribution in [0.1, 0.15) is 30.5 Å². The summed E-state index contributed by atoms with van der Waals surface area (Å²) in [6, 6.07) is 13.4. The van der Waals surface area contributed by atoms with Gasteiger partial charge in [-0.15, -0.1) is 0 Å². The fraction of sp³-hybridized carbons (Fsp3) is 0.400. The molecule has 3 aromatic carbocycles. The fourth-order valence-electron chi connectivity index (χ4n) is 5.24. The number of aliphatic hydroxyl groups is 1. The van der Waals surface area contributed by atoms with E-state index >= 15 is 0 Å². The summed E-state index contributed by atoms with van der Waals surface area (Å²) in [5, 5.41) is 42.5. The van der Waals surface area contributed by atoms with Crippen molar-refractivity contribution in [2.24, 2.45) is 5.92 Å². The van der Waals surface area contributed by atoms with Crippen LogP contribution in [0, 0.1) is 5.92 Å². The molecule has 0 aliphatic rings. The second-order valence-electron chi connectivity index (χ2n) is 11.6. The predicted octanol–water partition coefficient (Wildman–Crippen LogP) is 2.58. The molecular formula is C35H46N4O10. The van der Waals surface area contributed by atoms with Crippen LogP contribution in [0.2, 0.25) is 0 Å². The highest BCUT2D eigenvalue weighted by molar-refractivity contribution is 5.90. The van der Waals surface area contributed by atoms with Crippen LogP contribution < -0.4 is 40.2 Å². The standard InChI is InChI=1S/C35H46N4O10/c1-20(2)29(33(42)37-19-23-12-13-24(46-3)17-26(23)40)39-34(43)30(31(41)25(38-35(44)45)14-21-10-8-7-9-11-21)36-18-22-15-27(47-4)32(49-6)28(16-22)48-5/h7-13,15-17,20,25,29-31,36,38,40-41H,14,18-19H2,1-6H3,(H,37,42)(H,39,43)(H,44,45)/t25-,29-,30+,31+/m0/s1. The molecule has 3 rings (SSSR count). The lowest BCUT2D eigenvalue weighted by molar-refractivity contribution is -0.133. The number of hydrogen-bond acceptors (Lipinski definition) is 10. The molecule has 0 spiro atoms. The summed E-state index contributed by atoms with van der Waals surface area (Å²) in [6.07, 6.45) is -2.90. The van der Waals surface area contributed by atoms with Gasteiger partial charge in [0.2, 0.25) is 17.6 Å². The maximum absolute atomic E-state index is 14.0. The van der Waals surface area contributed by atoms with Crippen molar-refractivity contribution < 1.29 is 48.7 Å². The van der Waals surface area contributed by atoms with Crippen LogP contribution in [-0.2, 0) is 29.1 Å². The minimum absolute atomic E-state index is 0.00623. The summed E-state index contributed by atoms with van der Waals surface area (Å²) < 4.78 is 21.4. The number of phenols is 1. The zero-order valence-electron chi connectivity index (χ0n) is 28.5. The number of carboxylic acid groups (broad SMARTS) is 1. The van der Waals surface area contributed by atoms with Crippen molar-refractivity contribution in [2.75, 3.05) is 28.4 Å². The van der Waals surface area contributed by atoms with Gasteiger partial charge in [-0.25, -0.2) is 4.79 Å². The van der Waals surface area contributed by atoms with E-state index in [1.54, 1.807) is 62.4 Å². The van der Waals surface area contributed by atoms with Crippen molar-refractivity contribution in [3.8, 4) is 28.7 Å². The zero-order chi connectivity index (χ0) is 36.1. The Morgan fingerprint density at radius 3 is 1.94 bits per heavy atom. The molecule has 0 fully saturated rings. The van der Waals surface area contributed by atoms with Crippen molar-refractivity contribution in [1.29, 1.82) is 0 Å². The largest absolute Gasteiger partial charge is 0.507 e. The number of benzene rings is 3. The summed E-state index contributed by atoms with van der Waals surface area (Å²) in [4.78, 5) is 39.2. The van der Waals surface area contributed by atoms with E-state index in [1.165, 1.54) is 34.5 Å². The van der Waals surface area contributed by atoms with Gasteiger partial charge in [0.1, 0.15) is 23.6 Å². The summed E-state index contributed by atoms with van der Waals surface area (Å²) in [5.41, 5.74) is 1.76. The molecule has 7 N–H and O–H groups in total. The van der Waals surface area contributed by atoms with Crippen LogP contribution in [0.5, 0.6) is 28.7 Å². The second kappa shape index (κ2) is 18.4. The van der Waals surface area contributed by atoms with E-state index in [2.05, 4.69) is 21.3 Å². The van der Waals surface area contributed by atoms with Crippen molar-refractivity contribution in [1.82, 2.24) is 21.3 Å². The minimum atomic E-state index is -1.59. The SMILES string of the molecule is COc1ccc(CNC(=O)[C@@H](NC(=O)[C@H](NCc2cc(OC)c(OC)c(OC)c2)[C@H](O)[C@H](Cc2ccccc2)NC(=O)O)C(C)C)c(O)c1. The summed E-state index contributed by atoms with van der Waals surface area (Å²) >= 11 is 0. The van der Waals surface area contributed by atoms with Gasteiger partial charge in [-0.05, 0) is 47.7 Å². The third-order valence-electron chi connectivity index (χ3n) is 7.89.